The number of nitrogens with zero attached hydrogens (tertiary/aromatic N) is 1. The van der Waals surface area contributed by atoms with Crippen LogP contribution in [0.4, 0.5) is 0 Å². The third kappa shape index (κ3) is 4.80. The molecule has 3 aromatic carbocycles. The summed E-state index contributed by atoms with van der Waals surface area (Å²) in [6.07, 6.45) is 0.710. The van der Waals surface area contributed by atoms with Crippen LogP contribution in [-0.2, 0) is 27.8 Å². The summed E-state index contributed by atoms with van der Waals surface area (Å²) in [5.74, 6) is 0.127. The monoisotopic (exact) mass is 424 g/mol. The van der Waals surface area contributed by atoms with Gasteiger partial charge in [-0.25, -0.2) is 8.42 Å². The summed E-state index contributed by atoms with van der Waals surface area (Å²) in [5, 5.41) is 4.76. The Morgan fingerprint density at radius 1 is 0.967 bits per heavy atom. The molecule has 0 atom stereocenters. The number of rotatable bonds is 7. The number of carbonyl (C=O) groups excluding carboxylic acids is 1. The summed E-state index contributed by atoms with van der Waals surface area (Å²) in [4.78, 5) is 12.1. The topological polar surface area (TPSA) is 75.7 Å². The summed E-state index contributed by atoms with van der Waals surface area (Å²) >= 11 is 0. The van der Waals surface area contributed by atoms with Gasteiger partial charge in [-0.15, -0.1) is 0 Å². The first-order valence-electron chi connectivity index (χ1n) is 9.94. The number of amides is 1. The first-order valence-corrected chi connectivity index (χ1v) is 11.6. The maximum Gasteiger partial charge on any atom is 0.257 e. The molecule has 156 valence electrons. The van der Waals surface area contributed by atoms with Crippen molar-refractivity contribution in [2.45, 2.75) is 13.0 Å². The fraction of sp³-hybridized carbons (Fsp3) is 0.261. The number of nitrogens with one attached hydrogen (secondary N) is 1. The first kappa shape index (κ1) is 20.4. The van der Waals surface area contributed by atoms with Crippen LogP contribution in [0.15, 0.2) is 66.7 Å². The average Bonchev–Trinajstić information content (AvgIpc) is 2.77. The van der Waals surface area contributed by atoms with Gasteiger partial charge >= 0.3 is 0 Å². The van der Waals surface area contributed by atoms with Crippen LogP contribution in [0.25, 0.3) is 10.8 Å². The highest BCUT2D eigenvalue weighted by molar-refractivity contribution is 7.89. The van der Waals surface area contributed by atoms with Crippen molar-refractivity contribution in [2.75, 3.05) is 25.4 Å². The minimum absolute atomic E-state index is 0.0559. The molecule has 0 saturated carbocycles. The molecule has 0 radical (unpaired) electrons. The number of hydrogen-bond donors (Lipinski definition) is 1. The zero-order chi connectivity index (χ0) is 21.0. The zero-order valence-electron chi connectivity index (χ0n) is 16.6. The second-order valence-electron chi connectivity index (χ2n) is 7.32. The Kier molecular flexibility index (Phi) is 6.01. The number of ether oxygens (including phenoxy) is 1. The number of fused-ring (bicyclic) bond motifs is 2. The van der Waals surface area contributed by atoms with Gasteiger partial charge in [0.15, 0.2) is 6.61 Å². The maximum atomic E-state index is 12.6. The van der Waals surface area contributed by atoms with Crippen molar-refractivity contribution in [2.24, 2.45) is 0 Å². The van der Waals surface area contributed by atoms with Gasteiger partial charge in [0, 0.05) is 19.6 Å². The zero-order valence-corrected chi connectivity index (χ0v) is 17.4. The molecule has 6 nitrogen and oxygen atoms in total. The lowest BCUT2D eigenvalue weighted by atomic mass is 10.0. The van der Waals surface area contributed by atoms with Gasteiger partial charge in [0.1, 0.15) is 5.75 Å². The van der Waals surface area contributed by atoms with Crippen LogP contribution < -0.4 is 10.1 Å². The van der Waals surface area contributed by atoms with E-state index in [4.69, 9.17) is 4.74 Å². The number of sulfonamides is 1. The Bertz CT molecular complexity index is 1160. The molecule has 30 heavy (non-hydrogen) atoms. The molecule has 0 unspecified atom stereocenters. The molecule has 3 aromatic rings. The molecular weight excluding hydrogens is 400 g/mol. The molecule has 7 heteroatoms. The number of carbonyl (C=O) groups is 1. The van der Waals surface area contributed by atoms with Crippen molar-refractivity contribution in [3.63, 3.8) is 0 Å². The van der Waals surface area contributed by atoms with Crippen LogP contribution >= 0.6 is 0 Å². The van der Waals surface area contributed by atoms with E-state index in [0.29, 0.717) is 25.3 Å². The Hall–Kier alpha value is -2.90. The molecule has 0 fully saturated rings. The standard InChI is InChI=1S/C23H24N2O4S/c26-23(17-29-22-10-9-18-5-1-3-7-20(18)15-22)24-12-14-30(27,28)25-13-11-19-6-2-4-8-21(19)16-25/h1-10,15H,11-14,16-17H2,(H,24,26). The van der Waals surface area contributed by atoms with Crippen molar-refractivity contribution in [1.82, 2.24) is 9.62 Å². The first-order chi connectivity index (χ1) is 14.5. The van der Waals surface area contributed by atoms with Crippen LogP contribution in [0.2, 0.25) is 0 Å². The predicted molar refractivity (Wildman–Crippen MR) is 117 cm³/mol. The maximum absolute atomic E-state index is 12.6. The number of benzene rings is 3. The molecule has 1 aliphatic rings. The van der Waals surface area contributed by atoms with Crippen molar-refractivity contribution in [3.05, 3.63) is 77.9 Å². The van der Waals surface area contributed by atoms with Crippen molar-refractivity contribution in [1.29, 1.82) is 0 Å². The predicted octanol–water partition coefficient (Wildman–Crippen LogP) is 2.72. The Labute approximate surface area is 176 Å². The molecule has 1 N–H and O–H groups in total. The molecule has 4 rings (SSSR count). The second-order valence-corrected chi connectivity index (χ2v) is 9.40. The van der Waals surface area contributed by atoms with Crippen molar-refractivity contribution >= 4 is 26.7 Å². The van der Waals surface area contributed by atoms with E-state index in [1.807, 2.05) is 66.7 Å². The molecule has 1 heterocycles. The Balaban J connectivity index is 1.24. The normalized spacial score (nSPS) is 14.3. The SMILES string of the molecule is O=C(COc1ccc2ccccc2c1)NCCS(=O)(=O)N1CCc2ccccc2C1. The summed E-state index contributed by atoms with van der Waals surface area (Å²) in [6.45, 7) is 0.756. The van der Waals surface area contributed by atoms with E-state index in [2.05, 4.69) is 5.32 Å². The highest BCUT2D eigenvalue weighted by Gasteiger charge is 2.26. The van der Waals surface area contributed by atoms with E-state index >= 15 is 0 Å². The van der Waals surface area contributed by atoms with Gasteiger partial charge in [0.2, 0.25) is 10.0 Å². The van der Waals surface area contributed by atoms with Crippen LogP contribution in [0, 0.1) is 0 Å². The second kappa shape index (κ2) is 8.85. The van der Waals surface area contributed by atoms with Gasteiger partial charge < -0.3 is 10.1 Å². The van der Waals surface area contributed by atoms with Gasteiger partial charge in [-0.3, -0.25) is 4.79 Å². The molecule has 0 aliphatic carbocycles. The fourth-order valence-corrected chi connectivity index (χ4v) is 4.94. The lowest BCUT2D eigenvalue weighted by Crippen LogP contribution is -2.41. The molecule has 0 bridgehead atoms. The fourth-order valence-electron chi connectivity index (χ4n) is 3.61. The van der Waals surface area contributed by atoms with E-state index in [1.54, 1.807) is 0 Å². The quantitative estimate of drug-likeness (QED) is 0.633. The molecule has 0 aromatic heterocycles. The van der Waals surface area contributed by atoms with Gasteiger partial charge in [0.25, 0.3) is 5.91 Å². The highest BCUT2D eigenvalue weighted by Crippen LogP contribution is 2.21. The van der Waals surface area contributed by atoms with Crippen LogP contribution in [0.3, 0.4) is 0 Å². The summed E-state index contributed by atoms with van der Waals surface area (Å²) in [6, 6.07) is 21.4. The molecule has 1 aliphatic heterocycles. The number of hydrogen-bond acceptors (Lipinski definition) is 4. The summed E-state index contributed by atoms with van der Waals surface area (Å²) in [5.41, 5.74) is 2.24. The van der Waals surface area contributed by atoms with Crippen LogP contribution in [0.5, 0.6) is 5.75 Å². The highest BCUT2D eigenvalue weighted by atomic mass is 32.2. The smallest absolute Gasteiger partial charge is 0.257 e. The minimum Gasteiger partial charge on any atom is -0.484 e. The average molecular weight is 425 g/mol. The van der Waals surface area contributed by atoms with Crippen molar-refractivity contribution in [3.8, 4) is 5.75 Å². The lowest BCUT2D eigenvalue weighted by Gasteiger charge is -2.28. The summed E-state index contributed by atoms with van der Waals surface area (Å²) < 4.78 is 32.3. The molecule has 0 saturated heterocycles. The van der Waals surface area contributed by atoms with Crippen LogP contribution in [0.1, 0.15) is 11.1 Å². The Morgan fingerprint density at radius 3 is 2.53 bits per heavy atom. The lowest BCUT2D eigenvalue weighted by molar-refractivity contribution is -0.122. The molecule has 0 spiro atoms. The largest absolute Gasteiger partial charge is 0.484 e. The van der Waals surface area contributed by atoms with E-state index in [0.717, 1.165) is 16.3 Å². The molecule has 1 amide bonds. The van der Waals surface area contributed by atoms with Gasteiger partial charge in [0.05, 0.1) is 5.75 Å². The van der Waals surface area contributed by atoms with Gasteiger partial charge in [-0.2, -0.15) is 4.31 Å². The van der Waals surface area contributed by atoms with E-state index in [9.17, 15) is 13.2 Å². The third-order valence-electron chi connectivity index (χ3n) is 5.26. The van der Waals surface area contributed by atoms with Gasteiger partial charge in [-0.05, 0) is 40.5 Å². The minimum atomic E-state index is -3.44. The van der Waals surface area contributed by atoms with Crippen LogP contribution in [-0.4, -0.2) is 44.1 Å². The molecular formula is C23H24N2O4S. The van der Waals surface area contributed by atoms with E-state index in [-0.39, 0.29) is 24.8 Å². The van der Waals surface area contributed by atoms with Crippen molar-refractivity contribution < 1.29 is 17.9 Å². The third-order valence-corrected chi connectivity index (χ3v) is 7.08. The van der Waals surface area contributed by atoms with Gasteiger partial charge in [-0.1, -0.05) is 54.6 Å². The van der Waals surface area contributed by atoms with E-state index in [1.165, 1.54) is 9.87 Å². The van der Waals surface area contributed by atoms with E-state index < -0.39 is 10.0 Å². The summed E-state index contributed by atoms with van der Waals surface area (Å²) in [7, 11) is -3.44. The Morgan fingerprint density at radius 2 is 1.70 bits per heavy atom.